The predicted octanol–water partition coefficient (Wildman–Crippen LogP) is 3.19. The maximum absolute atomic E-state index is 12.5. The van der Waals surface area contributed by atoms with Gasteiger partial charge in [0.2, 0.25) is 0 Å². The van der Waals surface area contributed by atoms with E-state index in [1.807, 2.05) is 44.5 Å². The third-order valence-corrected chi connectivity index (χ3v) is 5.02. The first kappa shape index (κ1) is 21.9. The Balaban J connectivity index is 0.00000136. The van der Waals surface area contributed by atoms with Crippen molar-refractivity contribution < 1.29 is 9.53 Å². The van der Waals surface area contributed by atoms with Crippen LogP contribution in [0.15, 0.2) is 52.8 Å². The van der Waals surface area contributed by atoms with Crippen LogP contribution in [0.2, 0.25) is 0 Å². The van der Waals surface area contributed by atoms with Crippen LogP contribution in [0.1, 0.15) is 37.8 Å². The summed E-state index contributed by atoms with van der Waals surface area (Å²) in [6.07, 6.45) is 8.54. The van der Waals surface area contributed by atoms with Crippen LogP contribution in [0.3, 0.4) is 0 Å². The van der Waals surface area contributed by atoms with Gasteiger partial charge in [0.25, 0.3) is 0 Å². The fraction of sp³-hybridized carbons (Fsp3) is 0.478. The number of rotatable bonds is 6. The van der Waals surface area contributed by atoms with Gasteiger partial charge in [0, 0.05) is 50.1 Å². The van der Waals surface area contributed by atoms with Crippen LogP contribution in [-0.2, 0) is 22.4 Å². The summed E-state index contributed by atoms with van der Waals surface area (Å²) in [7, 11) is 1.75. The van der Waals surface area contributed by atoms with Gasteiger partial charge in [-0.05, 0) is 42.7 Å². The molecular formula is C23H33N3O2. The average Bonchev–Trinajstić information content (AvgIpc) is 2.73. The molecule has 0 aromatic heterocycles. The summed E-state index contributed by atoms with van der Waals surface area (Å²) in [6.45, 7) is 5.40. The lowest BCUT2D eigenvalue weighted by Gasteiger charge is -2.23. The number of allylic oxidation sites excluding steroid dienone is 1. The fourth-order valence-electron chi connectivity index (χ4n) is 3.58. The molecule has 1 saturated heterocycles. The van der Waals surface area contributed by atoms with E-state index in [9.17, 15) is 4.79 Å². The zero-order chi connectivity index (χ0) is 20.4. The fourth-order valence-corrected chi connectivity index (χ4v) is 3.58. The maximum atomic E-state index is 12.5. The first-order chi connectivity index (χ1) is 13.7. The van der Waals surface area contributed by atoms with Crippen LogP contribution in [0, 0.1) is 5.92 Å². The molecule has 1 aromatic rings. The predicted molar refractivity (Wildman–Crippen MR) is 115 cm³/mol. The summed E-state index contributed by atoms with van der Waals surface area (Å²) in [5.41, 5.74) is 10.1. The number of aliphatic imine (C=N–C) groups is 1. The number of carbonyl (C=O) groups excluding carboxylic acids is 1. The molecule has 5 nitrogen and oxygen atoms in total. The molecule has 1 fully saturated rings. The van der Waals surface area contributed by atoms with Gasteiger partial charge in [0.15, 0.2) is 0 Å². The van der Waals surface area contributed by atoms with Gasteiger partial charge in [-0.2, -0.15) is 0 Å². The molecule has 1 unspecified atom stereocenters. The highest BCUT2D eigenvalue weighted by molar-refractivity contribution is 5.83. The number of nitrogens with zero attached hydrogens (tertiary/aromatic N) is 1. The quantitative estimate of drug-likeness (QED) is 0.740. The smallest absolute Gasteiger partial charge is 0.140 e. The summed E-state index contributed by atoms with van der Waals surface area (Å²) >= 11 is 0. The summed E-state index contributed by atoms with van der Waals surface area (Å²) in [6, 6.07) is 8.38. The Morgan fingerprint density at radius 2 is 2.00 bits per heavy atom. The van der Waals surface area contributed by atoms with E-state index in [0.717, 1.165) is 36.1 Å². The summed E-state index contributed by atoms with van der Waals surface area (Å²) < 4.78 is 5.35. The van der Waals surface area contributed by atoms with E-state index in [2.05, 4.69) is 22.4 Å². The molecule has 2 aliphatic heterocycles. The number of benzene rings is 1. The largest absolute Gasteiger partial charge is 0.398 e. The zero-order valence-corrected chi connectivity index (χ0v) is 17.3. The molecule has 1 atom stereocenters. The molecule has 0 bridgehead atoms. The molecule has 1 aromatic carbocycles. The van der Waals surface area contributed by atoms with Crippen LogP contribution < -0.4 is 11.1 Å². The molecule has 152 valence electrons. The molecule has 0 spiro atoms. The number of ether oxygens (including phenoxy) is 1. The highest BCUT2D eigenvalue weighted by atomic mass is 16.5. The summed E-state index contributed by atoms with van der Waals surface area (Å²) in [4.78, 5) is 16.6. The van der Waals surface area contributed by atoms with Gasteiger partial charge in [0.1, 0.15) is 5.78 Å². The second-order valence-electron chi connectivity index (χ2n) is 6.90. The third-order valence-electron chi connectivity index (χ3n) is 5.02. The van der Waals surface area contributed by atoms with E-state index in [1.54, 1.807) is 7.05 Å². The normalized spacial score (nSPS) is 19.9. The number of carbonyl (C=O) groups is 1. The Kier molecular flexibility index (Phi) is 8.95. The van der Waals surface area contributed by atoms with E-state index in [-0.39, 0.29) is 12.0 Å². The van der Waals surface area contributed by atoms with Crippen molar-refractivity contribution >= 4 is 12.0 Å². The molecular weight excluding hydrogens is 350 g/mol. The molecule has 2 heterocycles. The van der Waals surface area contributed by atoms with Gasteiger partial charge in [-0.15, -0.1) is 0 Å². The van der Waals surface area contributed by atoms with Crippen molar-refractivity contribution in [3.05, 3.63) is 58.9 Å². The van der Waals surface area contributed by atoms with Gasteiger partial charge in [0.05, 0.1) is 6.04 Å². The molecule has 5 heteroatoms. The highest BCUT2D eigenvalue weighted by Crippen LogP contribution is 2.20. The minimum absolute atomic E-state index is 0.0881. The molecule has 0 radical (unpaired) electrons. The van der Waals surface area contributed by atoms with E-state index >= 15 is 0 Å². The Hall–Kier alpha value is -2.40. The maximum Gasteiger partial charge on any atom is 0.140 e. The molecule has 28 heavy (non-hydrogen) atoms. The monoisotopic (exact) mass is 383 g/mol. The second kappa shape index (κ2) is 11.4. The van der Waals surface area contributed by atoms with Crippen molar-refractivity contribution in [1.29, 1.82) is 0 Å². The number of nitrogens with one attached hydrogen (secondary N) is 1. The molecule has 2 aliphatic rings. The number of nitrogens with two attached hydrogens (primary N) is 1. The first-order valence-electron chi connectivity index (χ1n) is 10.2. The SMILES string of the molecule is CC.CN=CC1=C(N)C=CNC1Cc1cccc(CC(=O)C2CCOCC2)c1. The summed E-state index contributed by atoms with van der Waals surface area (Å²) in [5, 5.41) is 3.35. The minimum Gasteiger partial charge on any atom is -0.398 e. The second-order valence-corrected chi connectivity index (χ2v) is 6.90. The summed E-state index contributed by atoms with van der Waals surface area (Å²) in [5.74, 6) is 0.472. The lowest BCUT2D eigenvalue weighted by Crippen LogP contribution is -2.34. The molecule has 3 N–H and O–H groups in total. The van der Waals surface area contributed by atoms with E-state index in [4.69, 9.17) is 10.5 Å². The van der Waals surface area contributed by atoms with Crippen molar-refractivity contribution in [2.45, 2.75) is 45.6 Å². The van der Waals surface area contributed by atoms with E-state index in [1.165, 1.54) is 5.56 Å². The Morgan fingerprint density at radius 3 is 2.71 bits per heavy atom. The Bertz CT molecular complexity index is 731. The lowest BCUT2D eigenvalue weighted by atomic mass is 9.90. The van der Waals surface area contributed by atoms with Gasteiger partial charge >= 0.3 is 0 Å². The highest BCUT2D eigenvalue weighted by Gasteiger charge is 2.22. The van der Waals surface area contributed by atoms with Crippen molar-refractivity contribution in [3.63, 3.8) is 0 Å². The lowest BCUT2D eigenvalue weighted by molar-refractivity contribution is -0.125. The Morgan fingerprint density at radius 1 is 1.29 bits per heavy atom. The van der Waals surface area contributed by atoms with Crippen LogP contribution in [0.25, 0.3) is 0 Å². The van der Waals surface area contributed by atoms with Crippen LogP contribution >= 0.6 is 0 Å². The number of ketones is 1. The molecule has 0 amide bonds. The van der Waals surface area contributed by atoms with Crippen molar-refractivity contribution in [2.24, 2.45) is 16.6 Å². The van der Waals surface area contributed by atoms with E-state index < -0.39 is 0 Å². The topological polar surface area (TPSA) is 76.7 Å². The zero-order valence-electron chi connectivity index (χ0n) is 17.3. The van der Waals surface area contributed by atoms with Gasteiger partial charge < -0.3 is 15.8 Å². The molecule has 0 saturated carbocycles. The standard InChI is InChI=1S/C21H27N3O2.C2H6/c1-23-14-18-19(22)5-8-24-20(18)12-15-3-2-4-16(11-15)13-21(25)17-6-9-26-10-7-17;1-2/h2-5,8,11,14,17,20,24H,6-7,9-10,12-13,22H2,1H3;1-2H3. The van der Waals surface area contributed by atoms with Crippen LogP contribution in [-0.4, -0.2) is 38.3 Å². The molecule has 3 rings (SSSR count). The molecule has 0 aliphatic carbocycles. The minimum atomic E-state index is 0.0881. The number of Topliss-reactive ketones (excluding diaryl/α,β-unsaturated/α-hetero) is 1. The first-order valence-corrected chi connectivity index (χ1v) is 10.2. The van der Waals surface area contributed by atoms with E-state index in [0.29, 0.717) is 25.4 Å². The number of hydrogen-bond acceptors (Lipinski definition) is 5. The third kappa shape index (κ3) is 6.06. The van der Waals surface area contributed by atoms with Gasteiger partial charge in [-0.1, -0.05) is 38.1 Å². The van der Waals surface area contributed by atoms with Crippen molar-refractivity contribution in [1.82, 2.24) is 5.32 Å². The van der Waals surface area contributed by atoms with Crippen LogP contribution in [0.5, 0.6) is 0 Å². The van der Waals surface area contributed by atoms with Crippen molar-refractivity contribution in [3.8, 4) is 0 Å². The average molecular weight is 384 g/mol. The van der Waals surface area contributed by atoms with Gasteiger partial charge in [-0.25, -0.2) is 0 Å². The number of hydrogen-bond donors (Lipinski definition) is 2. The Labute approximate surface area is 168 Å². The number of dihydropyridines is 1. The van der Waals surface area contributed by atoms with Crippen LogP contribution in [0.4, 0.5) is 0 Å². The van der Waals surface area contributed by atoms with Gasteiger partial charge in [-0.3, -0.25) is 9.79 Å². The van der Waals surface area contributed by atoms with Crippen molar-refractivity contribution in [2.75, 3.05) is 20.3 Å².